The van der Waals surface area contributed by atoms with Gasteiger partial charge in [-0.1, -0.05) is 26.2 Å². The van der Waals surface area contributed by atoms with Gasteiger partial charge in [0.1, 0.15) is 0 Å². The van der Waals surface area contributed by atoms with Gasteiger partial charge in [0.2, 0.25) is 0 Å². The minimum atomic E-state index is -3.32. The van der Waals surface area contributed by atoms with Crippen molar-refractivity contribution < 1.29 is 8.42 Å². The highest BCUT2D eigenvalue weighted by atomic mass is 32.2. The summed E-state index contributed by atoms with van der Waals surface area (Å²) in [6.45, 7) is 4.39. The van der Waals surface area contributed by atoms with E-state index >= 15 is 0 Å². The van der Waals surface area contributed by atoms with E-state index in [1.807, 2.05) is 0 Å². The van der Waals surface area contributed by atoms with Gasteiger partial charge in [-0.15, -0.1) is 0 Å². The molecule has 2 N–H and O–H groups in total. The number of nitrogens with two attached hydrogens (primary N) is 1. The Morgan fingerprint density at radius 3 is 2.25 bits per heavy atom. The van der Waals surface area contributed by atoms with Gasteiger partial charge in [-0.3, -0.25) is 0 Å². The second kappa shape index (κ2) is 7.20. The Morgan fingerprint density at radius 2 is 1.70 bits per heavy atom. The molecular weight excluding hydrogens is 274 g/mol. The minimum absolute atomic E-state index is 0.164. The zero-order chi connectivity index (χ0) is 14.6. The van der Waals surface area contributed by atoms with E-state index in [0.717, 1.165) is 38.5 Å². The fourth-order valence-electron chi connectivity index (χ4n) is 3.35. The van der Waals surface area contributed by atoms with Crippen molar-refractivity contribution in [3.05, 3.63) is 0 Å². The summed E-state index contributed by atoms with van der Waals surface area (Å²) < 4.78 is 29.1. The highest BCUT2D eigenvalue weighted by molar-refractivity contribution is 7.86. The van der Waals surface area contributed by atoms with Gasteiger partial charge in [0.05, 0.1) is 0 Å². The van der Waals surface area contributed by atoms with Crippen molar-refractivity contribution >= 4 is 10.2 Å². The fourth-order valence-corrected chi connectivity index (χ4v) is 5.24. The van der Waals surface area contributed by atoms with E-state index in [0.29, 0.717) is 32.1 Å². The summed E-state index contributed by atoms with van der Waals surface area (Å²) in [6.07, 6.45) is 7.43. The van der Waals surface area contributed by atoms with E-state index in [-0.39, 0.29) is 6.04 Å². The maximum atomic E-state index is 12.9. The first-order chi connectivity index (χ1) is 9.55. The smallest absolute Gasteiger partial charge is 0.282 e. The van der Waals surface area contributed by atoms with E-state index in [1.54, 1.807) is 8.61 Å². The zero-order valence-corrected chi connectivity index (χ0v) is 13.4. The Bertz CT molecular complexity index is 385. The minimum Gasteiger partial charge on any atom is -0.329 e. The molecule has 2 fully saturated rings. The van der Waals surface area contributed by atoms with Crippen LogP contribution in [0.15, 0.2) is 0 Å². The van der Waals surface area contributed by atoms with Crippen molar-refractivity contribution in [1.29, 1.82) is 0 Å². The lowest BCUT2D eigenvalue weighted by atomic mass is 9.95. The van der Waals surface area contributed by atoms with Crippen LogP contribution in [0, 0.1) is 5.92 Å². The van der Waals surface area contributed by atoms with Crippen molar-refractivity contribution in [2.45, 2.75) is 57.9 Å². The first-order valence-electron chi connectivity index (χ1n) is 8.02. The third kappa shape index (κ3) is 3.72. The van der Waals surface area contributed by atoms with Crippen LogP contribution < -0.4 is 5.73 Å². The van der Waals surface area contributed by atoms with Crippen LogP contribution in [0.3, 0.4) is 0 Å². The summed E-state index contributed by atoms with van der Waals surface area (Å²) >= 11 is 0. The third-order valence-electron chi connectivity index (χ3n) is 4.70. The standard InChI is InChI=1S/C14H29N3O2S/c1-13-7-10-16(11-8-13)20(18,19)17(12-9-15)14-5-3-2-4-6-14/h13-14H,2-12,15H2,1H3. The second-order valence-electron chi connectivity index (χ2n) is 6.28. The highest BCUT2D eigenvalue weighted by Crippen LogP contribution is 2.27. The summed E-state index contributed by atoms with van der Waals surface area (Å²) in [7, 11) is -3.32. The van der Waals surface area contributed by atoms with Gasteiger partial charge in [0, 0.05) is 32.2 Å². The van der Waals surface area contributed by atoms with E-state index < -0.39 is 10.2 Å². The largest absolute Gasteiger partial charge is 0.329 e. The van der Waals surface area contributed by atoms with Gasteiger partial charge in [-0.25, -0.2) is 0 Å². The summed E-state index contributed by atoms with van der Waals surface area (Å²) in [6, 6.07) is 0.164. The maximum absolute atomic E-state index is 12.9. The zero-order valence-electron chi connectivity index (χ0n) is 12.6. The van der Waals surface area contributed by atoms with Crippen LogP contribution in [-0.4, -0.2) is 49.2 Å². The van der Waals surface area contributed by atoms with Crippen LogP contribution in [0.4, 0.5) is 0 Å². The number of hydrogen-bond acceptors (Lipinski definition) is 3. The molecule has 1 heterocycles. The van der Waals surface area contributed by atoms with Gasteiger partial charge in [-0.2, -0.15) is 17.0 Å². The van der Waals surface area contributed by atoms with Crippen LogP contribution >= 0.6 is 0 Å². The molecule has 20 heavy (non-hydrogen) atoms. The van der Waals surface area contributed by atoms with Gasteiger partial charge in [0.25, 0.3) is 10.2 Å². The third-order valence-corrected chi connectivity index (χ3v) is 6.79. The number of hydrogen-bond donors (Lipinski definition) is 1. The van der Waals surface area contributed by atoms with Gasteiger partial charge < -0.3 is 5.73 Å². The molecule has 1 saturated carbocycles. The average molecular weight is 303 g/mol. The lowest BCUT2D eigenvalue weighted by Crippen LogP contribution is -2.52. The molecule has 0 unspecified atom stereocenters. The SMILES string of the molecule is CC1CCN(S(=O)(=O)N(CCN)C2CCCCC2)CC1. The lowest BCUT2D eigenvalue weighted by Gasteiger charge is -2.38. The molecule has 2 aliphatic rings. The summed E-state index contributed by atoms with van der Waals surface area (Å²) in [5.74, 6) is 0.638. The second-order valence-corrected chi connectivity index (χ2v) is 8.16. The molecule has 1 saturated heterocycles. The highest BCUT2D eigenvalue weighted by Gasteiger charge is 2.36. The van der Waals surface area contributed by atoms with Crippen LogP contribution in [0.1, 0.15) is 51.9 Å². The number of nitrogens with zero attached hydrogens (tertiary/aromatic N) is 2. The van der Waals surface area contributed by atoms with E-state index in [2.05, 4.69) is 6.92 Å². The molecular formula is C14H29N3O2S. The normalized spacial score (nSPS) is 24.4. The van der Waals surface area contributed by atoms with Crippen molar-refractivity contribution in [2.24, 2.45) is 11.7 Å². The van der Waals surface area contributed by atoms with E-state index in [4.69, 9.17) is 5.73 Å². The molecule has 1 aliphatic heterocycles. The van der Waals surface area contributed by atoms with Gasteiger partial charge >= 0.3 is 0 Å². The summed E-state index contributed by atoms with van der Waals surface area (Å²) in [5.41, 5.74) is 5.66. The number of rotatable bonds is 5. The topological polar surface area (TPSA) is 66.6 Å². The summed E-state index contributed by atoms with van der Waals surface area (Å²) in [4.78, 5) is 0. The molecule has 1 aliphatic carbocycles. The molecule has 0 bridgehead atoms. The Kier molecular flexibility index (Phi) is 5.84. The Hall–Kier alpha value is -0.170. The average Bonchev–Trinajstić information content (AvgIpc) is 2.46. The molecule has 0 aromatic carbocycles. The molecule has 118 valence electrons. The monoisotopic (exact) mass is 303 g/mol. The van der Waals surface area contributed by atoms with Crippen LogP contribution in [-0.2, 0) is 10.2 Å². The van der Waals surface area contributed by atoms with E-state index in [9.17, 15) is 8.42 Å². The molecule has 2 rings (SSSR count). The van der Waals surface area contributed by atoms with Crippen LogP contribution in [0.5, 0.6) is 0 Å². The summed E-state index contributed by atoms with van der Waals surface area (Å²) in [5, 5.41) is 0. The van der Waals surface area contributed by atoms with E-state index in [1.165, 1.54) is 6.42 Å². The van der Waals surface area contributed by atoms with Crippen molar-refractivity contribution in [3.63, 3.8) is 0 Å². The predicted octanol–water partition coefficient (Wildman–Crippen LogP) is 1.56. The number of piperidine rings is 1. The molecule has 0 spiro atoms. The first-order valence-corrected chi connectivity index (χ1v) is 9.42. The first kappa shape index (κ1) is 16.2. The maximum Gasteiger partial charge on any atom is 0.282 e. The molecule has 0 amide bonds. The van der Waals surface area contributed by atoms with Gasteiger partial charge in [-0.05, 0) is 31.6 Å². The quantitative estimate of drug-likeness (QED) is 0.838. The predicted molar refractivity (Wildman–Crippen MR) is 81.5 cm³/mol. The van der Waals surface area contributed by atoms with Gasteiger partial charge in [0.15, 0.2) is 0 Å². The molecule has 0 aromatic rings. The molecule has 5 nitrogen and oxygen atoms in total. The van der Waals surface area contributed by atoms with Crippen LogP contribution in [0.25, 0.3) is 0 Å². The Balaban J connectivity index is 2.09. The van der Waals surface area contributed by atoms with Crippen molar-refractivity contribution in [1.82, 2.24) is 8.61 Å². The Morgan fingerprint density at radius 1 is 1.10 bits per heavy atom. The van der Waals surface area contributed by atoms with Crippen LogP contribution in [0.2, 0.25) is 0 Å². The fraction of sp³-hybridized carbons (Fsp3) is 1.00. The molecule has 0 atom stereocenters. The molecule has 0 aromatic heterocycles. The lowest BCUT2D eigenvalue weighted by molar-refractivity contribution is 0.219. The van der Waals surface area contributed by atoms with Crippen molar-refractivity contribution in [2.75, 3.05) is 26.2 Å². The van der Waals surface area contributed by atoms with Crippen molar-refractivity contribution in [3.8, 4) is 0 Å². The molecule has 0 radical (unpaired) electrons. The Labute approximate surface area is 123 Å². The molecule has 6 heteroatoms.